The van der Waals surface area contributed by atoms with Gasteiger partial charge in [-0.2, -0.15) is 17.6 Å². The summed E-state index contributed by atoms with van der Waals surface area (Å²) in [5.74, 6) is -9.07. The molecule has 0 fully saturated rings. The molecule has 0 aliphatic heterocycles. The van der Waals surface area contributed by atoms with E-state index in [1.807, 2.05) is 0 Å². The lowest BCUT2D eigenvalue weighted by Crippen LogP contribution is -2.33. The first-order valence-corrected chi connectivity index (χ1v) is 6.13. The standard InChI is InChI=1S/C8H11F8O3P/c1-2-17-20(18-3-7(13,14)5(9)10)19-4-8(15,16)6(11)12/h5-6H,2-4H2,1H3. The highest BCUT2D eigenvalue weighted by molar-refractivity contribution is 7.41. The van der Waals surface area contributed by atoms with Crippen molar-refractivity contribution in [3.63, 3.8) is 0 Å². The fraction of sp³-hybridized carbons (Fsp3) is 1.00. The Morgan fingerprint density at radius 2 is 1.15 bits per heavy atom. The van der Waals surface area contributed by atoms with Crippen LogP contribution in [0.15, 0.2) is 0 Å². The molecule has 0 radical (unpaired) electrons. The number of hydrogen-bond donors (Lipinski definition) is 0. The van der Waals surface area contributed by atoms with Gasteiger partial charge in [0.2, 0.25) is 0 Å². The number of halogens is 8. The lowest BCUT2D eigenvalue weighted by atomic mass is 10.4. The third-order valence-corrected chi connectivity index (χ3v) is 2.75. The molecule has 0 saturated carbocycles. The van der Waals surface area contributed by atoms with Gasteiger partial charge in [0.05, 0.1) is 6.61 Å². The highest BCUT2D eigenvalue weighted by Gasteiger charge is 2.44. The van der Waals surface area contributed by atoms with E-state index in [2.05, 4.69) is 13.6 Å². The Kier molecular flexibility index (Phi) is 8.15. The predicted octanol–water partition coefficient (Wildman–Crippen LogP) is 4.08. The summed E-state index contributed by atoms with van der Waals surface area (Å²) in [4.78, 5) is 0. The summed E-state index contributed by atoms with van der Waals surface area (Å²) >= 11 is 0. The fourth-order valence-electron chi connectivity index (χ4n) is 0.621. The molecule has 0 aromatic rings. The Balaban J connectivity index is 4.38. The largest absolute Gasteiger partial charge is 0.333 e. The molecule has 0 amide bonds. The van der Waals surface area contributed by atoms with Gasteiger partial charge >= 0.3 is 33.3 Å². The van der Waals surface area contributed by atoms with Gasteiger partial charge in [-0.05, 0) is 6.92 Å². The van der Waals surface area contributed by atoms with Gasteiger partial charge in [-0.15, -0.1) is 0 Å². The minimum Gasteiger partial charge on any atom is -0.313 e. The highest BCUT2D eigenvalue weighted by atomic mass is 31.2. The Bertz CT molecular complexity index is 254. The molecule has 0 bridgehead atoms. The van der Waals surface area contributed by atoms with Crippen molar-refractivity contribution in [2.75, 3.05) is 19.8 Å². The van der Waals surface area contributed by atoms with E-state index in [-0.39, 0.29) is 6.61 Å². The van der Waals surface area contributed by atoms with Gasteiger partial charge < -0.3 is 13.6 Å². The summed E-state index contributed by atoms with van der Waals surface area (Å²) in [6.07, 6.45) is -8.08. The van der Waals surface area contributed by atoms with Gasteiger partial charge in [0.15, 0.2) is 0 Å². The van der Waals surface area contributed by atoms with Crippen LogP contribution < -0.4 is 0 Å². The van der Waals surface area contributed by atoms with E-state index >= 15 is 0 Å². The number of rotatable bonds is 10. The lowest BCUT2D eigenvalue weighted by molar-refractivity contribution is -0.159. The number of hydrogen-bond acceptors (Lipinski definition) is 3. The molecule has 0 unspecified atom stereocenters. The van der Waals surface area contributed by atoms with Gasteiger partial charge in [-0.25, -0.2) is 17.6 Å². The Hall–Kier alpha value is -0.250. The lowest BCUT2D eigenvalue weighted by Gasteiger charge is -2.22. The molecule has 122 valence electrons. The van der Waals surface area contributed by atoms with Crippen LogP contribution in [0.3, 0.4) is 0 Å². The molecule has 20 heavy (non-hydrogen) atoms. The molecule has 0 N–H and O–H groups in total. The van der Waals surface area contributed by atoms with Crippen LogP contribution in [0.25, 0.3) is 0 Å². The van der Waals surface area contributed by atoms with Gasteiger partial charge in [-0.3, -0.25) is 0 Å². The van der Waals surface area contributed by atoms with Crippen molar-refractivity contribution in [3.8, 4) is 0 Å². The zero-order chi connectivity index (χ0) is 16.0. The summed E-state index contributed by atoms with van der Waals surface area (Å²) < 4.78 is 110. The molecule has 0 aromatic carbocycles. The minimum atomic E-state index is -4.54. The van der Waals surface area contributed by atoms with E-state index in [9.17, 15) is 35.1 Å². The normalized spacial score (nSPS) is 13.8. The third-order valence-electron chi connectivity index (χ3n) is 1.60. The predicted molar refractivity (Wildman–Crippen MR) is 52.4 cm³/mol. The Morgan fingerprint density at radius 3 is 1.40 bits per heavy atom. The molecule has 0 aromatic heterocycles. The summed E-state index contributed by atoms with van der Waals surface area (Å²) in [5, 5.41) is 0. The van der Waals surface area contributed by atoms with Crippen LogP contribution in [-0.4, -0.2) is 44.5 Å². The fourth-order valence-corrected chi connectivity index (χ4v) is 1.61. The van der Waals surface area contributed by atoms with Gasteiger partial charge in [0.1, 0.15) is 13.2 Å². The summed E-state index contributed by atoms with van der Waals surface area (Å²) in [5.41, 5.74) is 0. The topological polar surface area (TPSA) is 27.7 Å². The first kappa shape index (κ1) is 19.8. The van der Waals surface area contributed by atoms with Crippen molar-refractivity contribution in [1.82, 2.24) is 0 Å². The smallest absolute Gasteiger partial charge is 0.313 e. The van der Waals surface area contributed by atoms with Crippen molar-refractivity contribution in [3.05, 3.63) is 0 Å². The van der Waals surface area contributed by atoms with E-state index in [1.165, 1.54) is 6.92 Å². The van der Waals surface area contributed by atoms with Crippen LogP contribution in [0.4, 0.5) is 35.1 Å². The van der Waals surface area contributed by atoms with Gasteiger partial charge in [0, 0.05) is 0 Å². The van der Waals surface area contributed by atoms with Crippen LogP contribution in [0, 0.1) is 0 Å². The van der Waals surface area contributed by atoms with E-state index in [0.717, 1.165) is 0 Å². The van der Waals surface area contributed by atoms with Crippen molar-refractivity contribution >= 4 is 8.60 Å². The van der Waals surface area contributed by atoms with Crippen molar-refractivity contribution in [2.45, 2.75) is 31.6 Å². The van der Waals surface area contributed by atoms with Crippen LogP contribution in [-0.2, 0) is 13.6 Å². The maximum atomic E-state index is 12.5. The van der Waals surface area contributed by atoms with Crippen molar-refractivity contribution in [1.29, 1.82) is 0 Å². The molecule has 0 aliphatic carbocycles. The molecule has 0 rings (SSSR count). The van der Waals surface area contributed by atoms with Crippen molar-refractivity contribution < 1.29 is 48.7 Å². The molecular formula is C8H11F8O3P. The SMILES string of the molecule is CCOP(OCC(F)(F)C(F)F)OCC(F)(F)C(F)F. The zero-order valence-corrected chi connectivity index (χ0v) is 10.9. The van der Waals surface area contributed by atoms with E-state index in [1.54, 1.807) is 0 Å². The molecule has 0 atom stereocenters. The van der Waals surface area contributed by atoms with E-state index in [0.29, 0.717) is 0 Å². The quantitative estimate of drug-likeness (QED) is 0.444. The third kappa shape index (κ3) is 6.96. The average Bonchev–Trinajstić information content (AvgIpc) is 2.32. The second-order valence-corrected chi connectivity index (χ2v) is 4.53. The molecule has 0 saturated heterocycles. The summed E-state index contributed by atoms with van der Waals surface area (Å²) in [6, 6.07) is 0. The van der Waals surface area contributed by atoms with Crippen LogP contribution in [0.1, 0.15) is 6.92 Å². The van der Waals surface area contributed by atoms with E-state index < -0.39 is 46.5 Å². The van der Waals surface area contributed by atoms with Crippen LogP contribution >= 0.6 is 8.60 Å². The molecule has 3 nitrogen and oxygen atoms in total. The molecular weight excluding hydrogens is 327 g/mol. The Labute approximate surface area is 110 Å². The second kappa shape index (κ2) is 8.26. The maximum Gasteiger partial charge on any atom is 0.333 e. The average molecular weight is 338 g/mol. The van der Waals surface area contributed by atoms with Crippen LogP contribution in [0.2, 0.25) is 0 Å². The van der Waals surface area contributed by atoms with Crippen molar-refractivity contribution in [2.24, 2.45) is 0 Å². The van der Waals surface area contributed by atoms with E-state index in [4.69, 9.17) is 0 Å². The molecule has 12 heteroatoms. The van der Waals surface area contributed by atoms with Gasteiger partial charge in [-0.1, -0.05) is 0 Å². The Morgan fingerprint density at radius 1 is 0.800 bits per heavy atom. The number of alkyl halides is 8. The maximum absolute atomic E-state index is 12.5. The summed E-state index contributed by atoms with van der Waals surface area (Å²) in [7, 11) is -2.87. The molecule has 0 spiro atoms. The second-order valence-electron chi connectivity index (χ2n) is 3.31. The highest BCUT2D eigenvalue weighted by Crippen LogP contribution is 2.43. The van der Waals surface area contributed by atoms with Crippen LogP contribution in [0.5, 0.6) is 0 Å². The first-order chi connectivity index (χ1) is 9.03. The molecule has 0 aliphatic rings. The zero-order valence-electron chi connectivity index (χ0n) is 9.97. The minimum absolute atomic E-state index is 0.244. The summed E-state index contributed by atoms with van der Waals surface area (Å²) in [6.45, 7) is -2.64. The first-order valence-electron chi connectivity index (χ1n) is 5.03. The monoisotopic (exact) mass is 338 g/mol. The van der Waals surface area contributed by atoms with Gasteiger partial charge in [0.25, 0.3) is 0 Å². The molecule has 0 heterocycles.